The molecule has 18 heavy (non-hydrogen) atoms. The minimum Gasteiger partial charge on any atom is -0.272 e. The van der Waals surface area contributed by atoms with Crippen molar-refractivity contribution >= 4 is 17.3 Å². The monoisotopic (exact) mass is 265 g/mol. The summed E-state index contributed by atoms with van der Waals surface area (Å²) in [4.78, 5) is 10.1. The van der Waals surface area contributed by atoms with E-state index in [4.69, 9.17) is 11.6 Å². The number of alkyl halides is 1. The zero-order chi connectivity index (χ0) is 13.0. The molecule has 0 amide bonds. The Hall–Kier alpha value is -1.88. The third-order valence-corrected chi connectivity index (χ3v) is 2.93. The Kier molecular flexibility index (Phi) is 3.94. The summed E-state index contributed by atoms with van der Waals surface area (Å²) in [7, 11) is 0. The van der Waals surface area contributed by atoms with Gasteiger partial charge in [0, 0.05) is 30.4 Å². The van der Waals surface area contributed by atoms with Crippen LogP contribution in [-0.4, -0.2) is 14.7 Å². The summed E-state index contributed by atoms with van der Waals surface area (Å²) in [6, 6.07) is 6.57. The van der Waals surface area contributed by atoms with Gasteiger partial charge in [0.05, 0.1) is 17.0 Å². The molecule has 1 aromatic heterocycles. The number of rotatable bonds is 5. The lowest BCUT2D eigenvalue weighted by Crippen LogP contribution is -2.01. The molecule has 0 unspecified atom stereocenters. The summed E-state index contributed by atoms with van der Waals surface area (Å²) < 4.78 is 1.82. The van der Waals surface area contributed by atoms with Gasteiger partial charge in [-0.25, -0.2) is 0 Å². The Balaban J connectivity index is 1.95. The highest BCUT2D eigenvalue weighted by Crippen LogP contribution is 2.12. The van der Waals surface area contributed by atoms with Crippen LogP contribution in [0.4, 0.5) is 5.69 Å². The van der Waals surface area contributed by atoms with E-state index >= 15 is 0 Å². The first kappa shape index (κ1) is 12.6. The molecule has 1 heterocycles. The molecule has 1 aromatic carbocycles. The van der Waals surface area contributed by atoms with Crippen LogP contribution in [0.3, 0.4) is 0 Å². The van der Waals surface area contributed by atoms with Crippen LogP contribution in [0.15, 0.2) is 36.7 Å². The second kappa shape index (κ2) is 5.64. The Morgan fingerprint density at radius 3 is 2.56 bits per heavy atom. The summed E-state index contributed by atoms with van der Waals surface area (Å²) in [6.07, 6.45) is 4.42. The zero-order valence-electron chi connectivity index (χ0n) is 9.62. The molecule has 0 aliphatic rings. The summed E-state index contributed by atoms with van der Waals surface area (Å²) >= 11 is 5.69. The number of nitrogens with zero attached hydrogens (tertiary/aromatic N) is 3. The lowest BCUT2D eigenvalue weighted by atomic mass is 10.1. The van der Waals surface area contributed by atoms with Gasteiger partial charge in [0.2, 0.25) is 0 Å². The number of aromatic nitrogens is 2. The topological polar surface area (TPSA) is 61.0 Å². The first-order valence-electron chi connectivity index (χ1n) is 5.49. The first-order valence-corrected chi connectivity index (χ1v) is 6.03. The van der Waals surface area contributed by atoms with E-state index in [1.54, 1.807) is 18.3 Å². The smallest absolute Gasteiger partial charge is 0.269 e. The van der Waals surface area contributed by atoms with Gasteiger partial charge in [0.1, 0.15) is 0 Å². The molecule has 6 heteroatoms. The van der Waals surface area contributed by atoms with Crippen molar-refractivity contribution in [3.05, 3.63) is 57.9 Å². The Morgan fingerprint density at radius 1 is 1.28 bits per heavy atom. The predicted octanol–water partition coefficient (Wildman–Crippen LogP) is 2.77. The lowest BCUT2D eigenvalue weighted by Gasteiger charge is -2.01. The molecule has 0 fully saturated rings. The molecule has 5 nitrogen and oxygen atoms in total. The molecular weight excluding hydrogens is 254 g/mol. The van der Waals surface area contributed by atoms with Gasteiger partial charge >= 0.3 is 0 Å². The van der Waals surface area contributed by atoms with Crippen LogP contribution in [0.1, 0.15) is 11.1 Å². The number of nitro groups is 1. The van der Waals surface area contributed by atoms with Gasteiger partial charge in [-0.1, -0.05) is 12.1 Å². The van der Waals surface area contributed by atoms with E-state index < -0.39 is 4.92 Å². The zero-order valence-corrected chi connectivity index (χ0v) is 10.4. The van der Waals surface area contributed by atoms with E-state index in [-0.39, 0.29) is 5.69 Å². The molecule has 0 radical (unpaired) electrons. The van der Waals surface area contributed by atoms with Gasteiger partial charge in [0.25, 0.3) is 5.69 Å². The van der Waals surface area contributed by atoms with Crippen molar-refractivity contribution in [2.24, 2.45) is 0 Å². The highest BCUT2D eigenvalue weighted by molar-refractivity contribution is 6.17. The maximum absolute atomic E-state index is 10.5. The fraction of sp³-hybridized carbons (Fsp3) is 0.250. The maximum Gasteiger partial charge on any atom is 0.269 e. The van der Waals surface area contributed by atoms with Gasteiger partial charge in [-0.3, -0.25) is 14.8 Å². The predicted molar refractivity (Wildman–Crippen MR) is 68.6 cm³/mol. The standard InChI is InChI=1S/C12H12ClN3O2/c13-7-11-8-14-15(9-11)6-5-10-1-3-12(4-2-10)16(17)18/h1-4,8-9H,5-7H2. The van der Waals surface area contributed by atoms with Crippen molar-refractivity contribution in [3.63, 3.8) is 0 Å². The fourth-order valence-corrected chi connectivity index (χ4v) is 1.76. The molecule has 0 N–H and O–H groups in total. The van der Waals surface area contributed by atoms with E-state index in [9.17, 15) is 10.1 Å². The lowest BCUT2D eigenvalue weighted by molar-refractivity contribution is -0.384. The third kappa shape index (κ3) is 3.07. The molecular formula is C12H12ClN3O2. The SMILES string of the molecule is O=[N+]([O-])c1ccc(CCn2cc(CCl)cn2)cc1. The third-order valence-electron chi connectivity index (χ3n) is 2.62. The van der Waals surface area contributed by atoms with Crippen LogP contribution in [0.5, 0.6) is 0 Å². The van der Waals surface area contributed by atoms with Crippen molar-refractivity contribution in [2.75, 3.05) is 0 Å². The van der Waals surface area contributed by atoms with E-state index in [1.807, 2.05) is 10.9 Å². The van der Waals surface area contributed by atoms with Crippen LogP contribution in [0.2, 0.25) is 0 Å². The second-order valence-corrected chi connectivity index (χ2v) is 4.19. The van der Waals surface area contributed by atoms with Gasteiger partial charge in [-0.2, -0.15) is 5.10 Å². The van der Waals surface area contributed by atoms with Crippen LogP contribution in [-0.2, 0) is 18.8 Å². The summed E-state index contributed by atoms with van der Waals surface area (Å²) in [5, 5.41) is 14.7. The highest BCUT2D eigenvalue weighted by Gasteiger charge is 2.04. The van der Waals surface area contributed by atoms with Crippen molar-refractivity contribution in [3.8, 4) is 0 Å². The van der Waals surface area contributed by atoms with Gasteiger partial charge in [-0.05, 0) is 12.0 Å². The minimum atomic E-state index is -0.399. The van der Waals surface area contributed by atoms with Crippen molar-refractivity contribution < 1.29 is 4.92 Å². The van der Waals surface area contributed by atoms with Crippen molar-refractivity contribution in [2.45, 2.75) is 18.8 Å². The van der Waals surface area contributed by atoms with Gasteiger partial charge in [0.15, 0.2) is 0 Å². The van der Waals surface area contributed by atoms with Gasteiger partial charge in [-0.15, -0.1) is 11.6 Å². The minimum absolute atomic E-state index is 0.113. The number of halogens is 1. The average Bonchev–Trinajstić information content (AvgIpc) is 2.85. The number of aryl methyl sites for hydroxylation is 2. The molecule has 2 aromatic rings. The number of nitro benzene ring substituents is 1. The van der Waals surface area contributed by atoms with Crippen LogP contribution in [0, 0.1) is 10.1 Å². The quantitative estimate of drug-likeness (QED) is 0.474. The Morgan fingerprint density at radius 2 is 2.00 bits per heavy atom. The number of benzene rings is 1. The fourth-order valence-electron chi connectivity index (χ4n) is 1.63. The summed E-state index contributed by atoms with van der Waals surface area (Å²) in [6.45, 7) is 0.731. The highest BCUT2D eigenvalue weighted by atomic mass is 35.5. The normalized spacial score (nSPS) is 10.5. The maximum atomic E-state index is 10.5. The van der Waals surface area contributed by atoms with Gasteiger partial charge < -0.3 is 0 Å². The van der Waals surface area contributed by atoms with E-state index in [2.05, 4.69) is 5.10 Å². The van der Waals surface area contributed by atoms with Crippen LogP contribution in [0.25, 0.3) is 0 Å². The summed E-state index contributed by atoms with van der Waals surface area (Å²) in [5.74, 6) is 0.456. The molecule has 94 valence electrons. The number of hydrogen-bond donors (Lipinski definition) is 0. The molecule has 0 saturated carbocycles. The molecule has 0 aliphatic carbocycles. The molecule has 0 bridgehead atoms. The molecule has 0 aliphatic heterocycles. The van der Waals surface area contributed by atoms with Crippen molar-refractivity contribution in [1.29, 1.82) is 0 Å². The molecule has 0 spiro atoms. The van der Waals surface area contributed by atoms with Crippen LogP contribution < -0.4 is 0 Å². The number of hydrogen-bond acceptors (Lipinski definition) is 3. The first-order chi connectivity index (χ1) is 8.69. The molecule has 0 saturated heterocycles. The Labute approximate surface area is 109 Å². The van der Waals surface area contributed by atoms with Crippen LogP contribution >= 0.6 is 11.6 Å². The largest absolute Gasteiger partial charge is 0.272 e. The van der Waals surface area contributed by atoms with Crippen molar-refractivity contribution in [1.82, 2.24) is 9.78 Å². The van der Waals surface area contributed by atoms with E-state index in [0.717, 1.165) is 24.1 Å². The van der Waals surface area contributed by atoms with E-state index in [1.165, 1.54) is 12.1 Å². The molecule has 0 atom stereocenters. The Bertz CT molecular complexity index is 537. The number of non-ortho nitro benzene ring substituents is 1. The average molecular weight is 266 g/mol. The second-order valence-electron chi connectivity index (χ2n) is 3.92. The van der Waals surface area contributed by atoms with E-state index in [0.29, 0.717) is 5.88 Å². The molecule has 2 rings (SSSR count). The summed E-state index contributed by atoms with van der Waals surface area (Å²) in [5.41, 5.74) is 2.14.